The molecule has 0 bridgehead atoms. The van der Waals surface area contributed by atoms with Crippen LogP contribution in [0.15, 0.2) is 6.20 Å². The molecule has 0 aliphatic heterocycles. The Balaban J connectivity index is 2.12. The van der Waals surface area contributed by atoms with Gasteiger partial charge in [-0.05, 0) is 38.1 Å². The Morgan fingerprint density at radius 3 is 2.74 bits per heavy atom. The molecule has 4 nitrogen and oxygen atoms in total. The fourth-order valence-corrected chi connectivity index (χ4v) is 3.17. The molecule has 1 aromatic heterocycles. The normalized spacial score (nSPS) is 18.6. The van der Waals surface area contributed by atoms with Gasteiger partial charge in [-0.2, -0.15) is 0 Å². The van der Waals surface area contributed by atoms with Crippen molar-refractivity contribution < 1.29 is 0 Å². The van der Waals surface area contributed by atoms with Crippen molar-refractivity contribution in [3.8, 4) is 0 Å². The standard InChI is InChI=1S/C15H28N4/c1-3-10-16-15(13-8-6-5-7-9-13)14-12-17-18-19(14)11-4-2/h12-13,15-16H,3-11H2,1-2H3. The van der Waals surface area contributed by atoms with Gasteiger partial charge in [0.2, 0.25) is 0 Å². The Bertz CT molecular complexity index is 355. The predicted octanol–water partition coefficient (Wildman–Crippen LogP) is 3.31. The highest BCUT2D eigenvalue weighted by atomic mass is 15.4. The van der Waals surface area contributed by atoms with E-state index in [2.05, 4.69) is 34.2 Å². The largest absolute Gasteiger partial charge is 0.308 e. The highest BCUT2D eigenvalue weighted by Gasteiger charge is 2.27. The van der Waals surface area contributed by atoms with Crippen LogP contribution in [0, 0.1) is 5.92 Å². The van der Waals surface area contributed by atoms with Crippen LogP contribution in [-0.4, -0.2) is 21.5 Å². The lowest BCUT2D eigenvalue weighted by molar-refractivity contribution is 0.261. The molecule has 1 atom stereocenters. The molecule has 1 aromatic rings. The van der Waals surface area contributed by atoms with E-state index < -0.39 is 0 Å². The minimum Gasteiger partial charge on any atom is -0.308 e. The number of aromatic nitrogens is 3. The van der Waals surface area contributed by atoms with E-state index in [4.69, 9.17) is 0 Å². The molecule has 0 amide bonds. The van der Waals surface area contributed by atoms with Crippen molar-refractivity contribution in [2.75, 3.05) is 6.54 Å². The van der Waals surface area contributed by atoms with Crippen LogP contribution in [-0.2, 0) is 6.54 Å². The molecular weight excluding hydrogens is 236 g/mol. The van der Waals surface area contributed by atoms with Gasteiger partial charge >= 0.3 is 0 Å². The molecule has 108 valence electrons. The highest BCUT2D eigenvalue weighted by molar-refractivity contribution is 5.05. The number of hydrogen-bond donors (Lipinski definition) is 1. The second-order valence-corrected chi connectivity index (χ2v) is 5.71. The lowest BCUT2D eigenvalue weighted by Gasteiger charge is -2.31. The maximum absolute atomic E-state index is 4.26. The Hall–Kier alpha value is -0.900. The smallest absolute Gasteiger partial charge is 0.0759 e. The molecule has 1 N–H and O–H groups in total. The third-order valence-electron chi connectivity index (χ3n) is 4.14. The van der Waals surface area contributed by atoms with E-state index in [-0.39, 0.29) is 0 Å². The third-order valence-corrected chi connectivity index (χ3v) is 4.14. The molecule has 1 aliphatic rings. The van der Waals surface area contributed by atoms with Gasteiger partial charge in [0.15, 0.2) is 0 Å². The summed E-state index contributed by atoms with van der Waals surface area (Å²) in [5.41, 5.74) is 1.29. The lowest BCUT2D eigenvalue weighted by Crippen LogP contribution is -2.32. The average molecular weight is 264 g/mol. The molecule has 2 rings (SSSR count). The average Bonchev–Trinajstić information content (AvgIpc) is 2.89. The Labute approximate surface area is 117 Å². The van der Waals surface area contributed by atoms with Crippen molar-refractivity contribution in [1.29, 1.82) is 0 Å². The fraction of sp³-hybridized carbons (Fsp3) is 0.867. The first kappa shape index (κ1) is 14.5. The molecule has 1 aliphatic carbocycles. The SMILES string of the molecule is CCCNC(c1cnnn1CCC)C1CCCCC1. The molecule has 0 saturated heterocycles. The molecule has 4 heteroatoms. The van der Waals surface area contributed by atoms with Gasteiger partial charge in [0.05, 0.1) is 17.9 Å². The molecule has 0 radical (unpaired) electrons. The zero-order chi connectivity index (χ0) is 13.5. The van der Waals surface area contributed by atoms with E-state index >= 15 is 0 Å². The van der Waals surface area contributed by atoms with Crippen LogP contribution in [0.2, 0.25) is 0 Å². The fourth-order valence-electron chi connectivity index (χ4n) is 3.17. The summed E-state index contributed by atoms with van der Waals surface area (Å²) >= 11 is 0. The van der Waals surface area contributed by atoms with Crippen LogP contribution >= 0.6 is 0 Å². The van der Waals surface area contributed by atoms with Gasteiger partial charge in [0.25, 0.3) is 0 Å². The van der Waals surface area contributed by atoms with E-state index in [0.717, 1.165) is 25.4 Å². The molecule has 19 heavy (non-hydrogen) atoms. The third kappa shape index (κ3) is 3.78. The van der Waals surface area contributed by atoms with Crippen LogP contribution in [0.25, 0.3) is 0 Å². The Kier molecular flexibility index (Phi) is 5.83. The van der Waals surface area contributed by atoms with Gasteiger partial charge in [-0.3, -0.25) is 0 Å². The lowest BCUT2D eigenvalue weighted by atomic mass is 9.82. The van der Waals surface area contributed by atoms with Crippen molar-refractivity contribution in [3.05, 3.63) is 11.9 Å². The zero-order valence-corrected chi connectivity index (χ0v) is 12.4. The zero-order valence-electron chi connectivity index (χ0n) is 12.4. The van der Waals surface area contributed by atoms with Crippen LogP contribution in [0.5, 0.6) is 0 Å². The topological polar surface area (TPSA) is 42.7 Å². The van der Waals surface area contributed by atoms with Crippen molar-refractivity contribution in [2.24, 2.45) is 5.92 Å². The first-order chi connectivity index (χ1) is 9.36. The summed E-state index contributed by atoms with van der Waals surface area (Å²) in [6.45, 7) is 6.48. The van der Waals surface area contributed by atoms with Crippen LogP contribution in [0.4, 0.5) is 0 Å². The number of aryl methyl sites for hydroxylation is 1. The van der Waals surface area contributed by atoms with Crippen molar-refractivity contribution in [1.82, 2.24) is 20.3 Å². The monoisotopic (exact) mass is 264 g/mol. The molecule has 1 unspecified atom stereocenters. The van der Waals surface area contributed by atoms with E-state index in [1.54, 1.807) is 0 Å². The second kappa shape index (κ2) is 7.63. The number of nitrogens with zero attached hydrogens (tertiary/aromatic N) is 3. The van der Waals surface area contributed by atoms with Gasteiger partial charge in [0, 0.05) is 6.54 Å². The van der Waals surface area contributed by atoms with Crippen molar-refractivity contribution in [3.63, 3.8) is 0 Å². The summed E-state index contributed by atoms with van der Waals surface area (Å²) in [7, 11) is 0. The van der Waals surface area contributed by atoms with E-state index in [1.807, 2.05) is 6.20 Å². The maximum atomic E-state index is 4.26. The van der Waals surface area contributed by atoms with Gasteiger partial charge < -0.3 is 5.32 Å². The predicted molar refractivity (Wildman–Crippen MR) is 77.9 cm³/mol. The highest BCUT2D eigenvalue weighted by Crippen LogP contribution is 2.34. The van der Waals surface area contributed by atoms with Gasteiger partial charge in [-0.1, -0.05) is 38.3 Å². The molecule has 0 aromatic carbocycles. The molecule has 0 spiro atoms. The van der Waals surface area contributed by atoms with Gasteiger partial charge in [-0.25, -0.2) is 4.68 Å². The summed E-state index contributed by atoms with van der Waals surface area (Å²) in [4.78, 5) is 0. The van der Waals surface area contributed by atoms with E-state index in [9.17, 15) is 0 Å². The van der Waals surface area contributed by atoms with Crippen LogP contribution in [0.1, 0.15) is 70.5 Å². The summed E-state index contributed by atoms with van der Waals surface area (Å²) < 4.78 is 2.10. The Morgan fingerprint density at radius 1 is 1.26 bits per heavy atom. The Morgan fingerprint density at radius 2 is 2.05 bits per heavy atom. The summed E-state index contributed by atoms with van der Waals surface area (Å²) in [6.07, 6.45) is 11.1. The van der Waals surface area contributed by atoms with Crippen molar-refractivity contribution in [2.45, 2.75) is 71.4 Å². The molecule has 1 saturated carbocycles. The second-order valence-electron chi connectivity index (χ2n) is 5.71. The van der Waals surface area contributed by atoms with Crippen molar-refractivity contribution >= 4 is 0 Å². The molecule has 1 heterocycles. The van der Waals surface area contributed by atoms with E-state index in [0.29, 0.717) is 6.04 Å². The first-order valence-corrected chi connectivity index (χ1v) is 7.98. The summed E-state index contributed by atoms with van der Waals surface area (Å²) in [5, 5.41) is 12.1. The number of nitrogens with one attached hydrogen (secondary N) is 1. The van der Waals surface area contributed by atoms with E-state index in [1.165, 1.54) is 44.2 Å². The summed E-state index contributed by atoms with van der Waals surface area (Å²) in [5.74, 6) is 0.759. The number of hydrogen-bond acceptors (Lipinski definition) is 3. The molecule has 1 fully saturated rings. The van der Waals surface area contributed by atoms with Gasteiger partial charge in [-0.15, -0.1) is 5.10 Å². The quantitative estimate of drug-likeness (QED) is 0.821. The molecular formula is C15H28N4. The number of rotatable bonds is 7. The minimum atomic E-state index is 0.446. The summed E-state index contributed by atoms with van der Waals surface area (Å²) in [6, 6.07) is 0.446. The minimum absolute atomic E-state index is 0.446. The first-order valence-electron chi connectivity index (χ1n) is 7.98. The van der Waals surface area contributed by atoms with Crippen LogP contribution < -0.4 is 5.32 Å². The maximum Gasteiger partial charge on any atom is 0.0759 e. The van der Waals surface area contributed by atoms with Crippen LogP contribution in [0.3, 0.4) is 0 Å². The van der Waals surface area contributed by atoms with Gasteiger partial charge in [0.1, 0.15) is 0 Å².